The highest BCUT2D eigenvalue weighted by molar-refractivity contribution is 5.99. The molecule has 6 heterocycles. The molecule has 3 atom stereocenters. The summed E-state index contributed by atoms with van der Waals surface area (Å²) in [5, 5.41) is 19.4. The molecule has 3 aliphatic heterocycles. The van der Waals surface area contributed by atoms with Crippen LogP contribution in [0.3, 0.4) is 0 Å². The van der Waals surface area contributed by atoms with Gasteiger partial charge in [-0.1, -0.05) is 6.07 Å². The first-order valence-corrected chi connectivity index (χ1v) is 15.1. The van der Waals surface area contributed by atoms with E-state index in [0.29, 0.717) is 49.6 Å². The van der Waals surface area contributed by atoms with Crippen LogP contribution in [0, 0.1) is 5.82 Å². The monoisotopic (exact) mass is 575 g/mol. The van der Waals surface area contributed by atoms with Crippen LogP contribution in [-0.4, -0.2) is 85.3 Å². The van der Waals surface area contributed by atoms with Gasteiger partial charge in [0.25, 0.3) is 0 Å². The molecule has 1 aromatic carbocycles. The van der Waals surface area contributed by atoms with E-state index in [2.05, 4.69) is 25.1 Å². The Bertz CT molecular complexity index is 1690. The summed E-state index contributed by atoms with van der Waals surface area (Å²) in [5.41, 5.74) is 1.70. The molecule has 0 unspecified atom stereocenters. The largest absolute Gasteiger partial charge is 0.461 e. The zero-order valence-corrected chi connectivity index (χ0v) is 23.7. The normalized spacial score (nSPS) is 28.2. The summed E-state index contributed by atoms with van der Waals surface area (Å²) in [5.74, 6) is 0.323. The van der Waals surface area contributed by atoms with Crippen LogP contribution < -0.4 is 9.64 Å². The van der Waals surface area contributed by atoms with Gasteiger partial charge in [-0.25, -0.2) is 8.78 Å². The van der Waals surface area contributed by atoms with Gasteiger partial charge in [0.15, 0.2) is 5.82 Å². The molecule has 0 bridgehead atoms. The Hall–Kier alpha value is -3.44. The van der Waals surface area contributed by atoms with E-state index in [1.807, 2.05) is 24.0 Å². The molecule has 9 nitrogen and oxygen atoms in total. The summed E-state index contributed by atoms with van der Waals surface area (Å²) in [4.78, 5) is 18.2. The lowest BCUT2D eigenvalue weighted by molar-refractivity contribution is 0.0447. The van der Waals surface area contributed by atoms with E-state index in [1.165, 1.54) is 0 Å². The number of H-pyrrole nitrogens is 1. The maximum Gasteiger partial charge on any atom is 0.319 e. The molecule has 4 aromatic rings. The number of piperidine rings is 1. The molecule has 2 N–H and O–H groups in total. The third-order valence-electron chi connectivity index (χ3n) is 9.76. The van der Waals surface area contributed by atoms with E-state index in [4.69, 9.17) is 9.72 Å². The van der Waals surface area contributed by atoms with Crippen molar-refractivity contribution < 1.29 is 18.6 Å². The second-order valence-corrected chi connectivity index (χ2v) is 13.0. The van der Waals surface area contributed by atoms with E-state index in [9.17, 15) is 9.50 Å². The summed E-state index contributed by atoms with van der Waals surface area (Å²) in [6.07, 6.45) is 8.32. The molecule has 42 heavy (non-hydrogen) atoms. The van der Waals surface area contributed by atoms with Crippen molar-refractivity contribution in [1.82, 2.24) is 30.0 Å². The summed E-state index contributed by atoms with van der Waals surface area (Å²) in [6.45, 7) is 4.33. The summed E-state index contributed by atoms with van der Waals surface area (Å²) in [7, 11) is 0. The fourth-order valence-corrected chi connectivity index (χ4v) is 7.58. The number of aromatic nitrogens is 5. The van der Waals surface area contributed by atoms with Crippen LogP contribution >= 0.6 is 0 Å². The zero-order valence-electron chi connectivity index (χ0n) is 23.7. The highest BCUT2D eigenvalue weighted by Gasteiger charge is 2.49. The standard InChI is InChI=1S/C31H35F2N7O2/c1-30(41)8-2-10-39(16-30)28-22-13-34-27(24-20(18-4-5-18)6-7-23-21(24)14-35-38-23)25(33)26(22)36-29(37-28)42-17-31-9-3-11-40(31)15-19(32)12-31/h6-7,13-14,18-19,41H,2-5,8-12,15-17H2,1H3,(H,35,38)/t19-,30-,31+/m1/s1. The number of hydrogen-bond acceptors (Lipinski definition) is 8. The van der Waals surface area contributed by atoms with Gasteiger partial charge in [0.05, 0.1) is 28.2 Å². The molecule has 220 valence electrons. The van der Waals surface area contributed by atoms with E-state index < -0.39 is 17.6 Å². The average molecular weight is 576 g/mol. The van der Waals surface area contributed by atoms with Gasteiger partial charge in [0.2, 0.25) is 0 Å². The van der Waals surface area contributed by atoms with Gasteiger partial charge in [0, 0.05) is 43.2 Å². The number of alkyl halides is 1. The van der Waals surface area contributed by atoms with Crippen LogP contribution in [0.2, 0.25) is 0 Å². The molecule has 1 aliphatic carbocycles. The van der Waals surface area contributed by atoms with Gasteiger partial charge in [-0.15, -0.1) is 0 Å². The van der Waals surface area contributed by atoms with Crippen molar-refractivity contribution in [3.63, 3.8) is 0 Å². The molecule has 1 saturated carbocycles. The molecular formula is C31H35F2N7O2. The summed E-state index contributed by atoms with van der Waals surface area (Å²) in [6, 6.07) is 4.09. The third-order valence-corrected chi connectivity index (χ3v) is 9.76. The SMILES string of the molecule is C[C@@]1(O)CCCN(c2nc(OC[C@@]34CCCN3C[C@H](F)C4)nc3c(F)c(-c4c(C5CC5)ccc5[nH]ncc45)ncc23)C1. The topological polar surface area (TPSA) is 103 Å². The van der Waals surface area contributed by atoms with Gasteiger partial charge < -0.3 is 14.7 Å². The van der Waals surface area contributed by atoms with E-state index >= 15 is 4.39 Å². The van der Waals surface area contributed by atoms with Crippen molar-refractivity contribution in [2.24, 2.45) is 0 Å². The molecule has 4 fully saturated rings. The minimum Gasteiger partial charge on any atom is -0.461 e. The Labute approximate surface area is 242 Å². The predicted molar refractivity (Wildman–Crippen MR) is 155 cm³/mol. The Balaban J connectivity index is 1.26. The lowest BCUT2D eigenvalue weighted by Crippen LogP contribution is -2.46. The van der Waals surface area contributed by atoms with Crippen molar-refractivity contribution in [3.8, 4) is 17.3 Å². The van der Waals surface area contributed by atoms with E-state index in [0.717, 1.165) is 60.7 Å². The molecule has 4 aliphatic rings. The first kappa shape index (κ1) is 26.2. The Morgan fingerprint density at radius 1 is 1.12 bits per heavy atom. The fourth-order valence-electron chi connectivity index (χ4n) is 7.58. The van der Waals surface area contributed by atoms with Crippen LogP contribution in [0.5, 0.6) is 6.01 Å². The van der Waals surface area contributed by atoms with Crippen molar-refractivity contribution in [2.45, 2.75) is 75.1 Å². The number of hydrogen-bond donors (Lipinski definition) is 2. The summed E-state index contributed by atoms with van der Waals surface area (Å²) < 4.78 is 37.4. The number of aliphatic hydroxyl groups is 1. The number of β-amino-alcohol motifs (C(OH)–C–C–N with tert-alkyl or cyclic N) is 1. The molecule has 11 heteroatoms. The maximum atomic E-state index is 16.8. The number of ether oxygens (including phenoxy) is 1. The van der Waals surface area contributed by atoms with Crippen molar-refractivity contribution in [1.29, 1.82) is 0 Å². The number of benzene rings is 1. The lowest BCUT2D eigenvalue weighted by Gasteiger charge is -2.38. The van der Waals surface area contributed by atoms with Gasteiger partial charge in [0.1, 0.15) is 29.8 Å². The van der Waals surface area contributed by atoms with Crippen LogP contribution in [0.25, 0.3) is 33.1 Å². The second-order valence-electron chi connectivity index (χ2n) is 13.0. The van der Waals surface area contributed by atoms with Crippen molar-refractivity contribution >= 4 is 27.6 Å². The molecule has 0 spiro atoms. The lowest BCUT2D eigenvalue weighted by atomic mass is 9.94. The number of fused-ring (bicyclic) bond motifs is 3. The fraction of sp³-hybridized carbons (Fsp3) is 0.548. The molecule has 0 amide bonds. The van der Waals surface area contributed by atoms with Crippen LogP contribution in [0.15, 0.2) is 24.5 Å². The quantitative estimate of drug-likeness (QED) is 0.335. The Kier molecular flexibility index (Phi) is 5.95. The number of halogens is 2. The van der Waals surface area contributed by atoms with Gasteiger partial charge in [-0.2, -0.15) is 15.1 Å². The van der Waals surface area contributed by atoms with Gasteiger partial charge in [-0.3, -0.25) is 15.0 Å². The molecule has 3 aromatic heterocycles. The number of anilines is 1. The Morgan fingerprint density at radius 3 is 2.81 bits per heavy atom. The summed E-state index contributed by atoms with van der Waals surface area (Å²) >= 11 is 0. The molecule has 0 radical (unpaired) electrons. The molecular weight excluding hydrogens is 540 g/mol. The third kappa shape index (κ3) is 4.31. The minimum atomic E-state index is -0.901. The van der Waals surface area contributed by atoms with Crippen LogP contribution in [0.4, 0.5) is 14.6 Å². The smallest absolute Gasteiger partial charge is 0.319 e. The first-order valence-electron chi connectivity index (χ1n) is 15.1. The van der Waals surface area contributed by atoms with E-state index in [-0.39, 0.29) is 29.4 Å². The number of rotatable bonds is 6. The highest BCUT2D eigenvalue weighted by Crippen LogP contribution is 2.47. The highest BCUT2D eigenvalue weighted by atomic mass is 19.1. The van der Waals surface area contributed by atoms with Gasteiger partial charge in [-0.05, 0) is 69.5 Å². The minimum absolute atomic E-state index is 0.0613. The zero-order chi connectivity index (χ0) is 28.6. The number of pyridine rings is 1. The number of aromatic amines is 1. The second kappa shape index (κ2) is 9.54. The number of nitrogens with zero attached hydrogens (tertiary/aromatic N) is 6. The maximum absolute atomic E-state index is 16.8. The molecule has 8 rings (SSSR count). The molecule has 3 saturated heterocycles. The van der Waals surface area contributed by atoms with Crippen molar-refractivity contribution in [3.05, 3.63) is 35.9 Å². The first-order chi connectivity index (χ1) is 20.3. The average Bonchev–Trinajstić information content (AvgIpc) is 3.43. The van der Waals surface area contributed by atoms with Crippen molar-refractivity contribution in [2.75, 3.05) is 37.7 Å². The van der Waals surface area contributed by atoms with Crippen LogP contribution in [-0.2, 0) is 0 Å². The predicted octanol–water partition coefficient (Wildman–Crippen LogP) is 4.89. The van der Waals surface area contributed by atoms with Gasteiger partial charge >= 0.3 is 6.01 Å². The van der Waals surface area contributed by atoms with E-state index in [1.54, 1.807) is 12.4 Å². The van der Waals surface area contributed by atoms with Crippen LogP contribution in [0.1, 0.15) is 63.4 Å². The Morgan fingerprint density at radius 2 is 1.98 bits per heavy atom. The number of nitrogens with one attached hydrogen (secondary N) is 1.